The number of ether oxygens (including phenoxy) is 1. The molecule has 2 aromatic rings. The number of benzene rings is 1. The predicted octanol–water partition coefficient (Wildman–Crippen LogP) is 3.05. The van der Waals surface area contributed by atoms with Crippen LogP contribution in [0.2, 0.25) is 0 Å². The lowest BCUT2D eigenvalue weighted by atomic mass is 9.92. The third kappa shape index (κ3) is 3.56. The van der Waals surface area contributed by atoms with Gasteiger partial charge in [0.1, 0.15) is 5.82 Å². The number of aromatic nitrogens is 1. The predicted molar refractivity (Wildman–Crippen MR) is 106 cm³/mol. The molecule has 142 valence electrons. The molecular weight excluding hydrogens is 338 g/mol. The molecule has 5 nitrogen and oxygen atoms in total. The summed E-state index contributed by atoms with van der Waals surface area (Å²) in [4.78, 5) is 21.9. The van der Waals surface area contributed by atoms with Crippen molar-refractivity contribution in [3.05, 3.63) is 59.3 Å². The van der Waals surface area contributed by atoms with Crippen LogP contribution in [-0.2, 0) is 16.0 Å². The lowest BCUT2D eigenvalue weighted by Gasteiger charge is -2.33. The van der Waals surface area contributed by atoms with Gasteiger partial charge < -0.3 is 14.5 Å². The molecule has 1 aromatic carbocycles. The number of fused-ring (bicyclic) bond motifs is 1. The summed E-state index contributed by atoms with van der Waals surface area (Å²) in [5.74, 6) is 1.11. The molecule has 1 saturated heterocycles. The van der Waals surface area contributed by atoms with E-state index in [0.29, 0.717) is 13.2 Å². The Bertz CT molecular complexity index is 815. The second-order valence-electron chi connectivity index (χ2n) is 7.64. The quantitative estimate of drug-likeness (QED) is 0.839. The first-order valence-corrected chi connectivity index (χ1v) is 9.74. The van der Waals surface area contributed by atoms with Gasteiger partial charge in [-0.05, 0) is 48.1 Å². The van der Waals surface area contributed by atoms with E-state index >= 15 is 0 Å². The van der Waals surface area contributed by atoms with E-state index in [-0.39, 0.29) is 17.9 Å². The normalized spacial score (nSPS) is 22.2. The number of aryl methyl sites for hydroxylation is 1. The number of carbonyl (C=O) groups excluding carboxylic acids is 1. The second kappa shape index (κ2) is 7.69. The van der Waals surface area contributed by atoms with Crippen molar-refractivity contribution in [3.8, 4) is 0 Å². The average Bonchev–Trinajstić information content (AvgIpc) is 3.15. The maximum atomic E-state index is 13.4. The van der Waals surface area contributed by atoms with Gasteiger partial charge in [-0.15, -0.1) is 0 Å². The first kappa shape index (κ1) is 18.0. The average molecular weight is 365 g/mol. The maximum absolute atomic E-state index is 13.4. The number of nitrogens with zero attached hydrogens (tertiary/aromatic N) is 3. The van der Waals surface area contributed by atoms with E-state index in [9.17, 15) is 4.79 Å². The van der Waals surface area contributed by atoms with E-state index in [1.54, 1.807) is 0 Å². The molecule has 0 spiro atoms. The lowest BCUT2D eigenvalue weighted by Crippen LogP contribution is -2.40. The van der Waals surface area contributed by atoms with Gasteiger partial charge in [0.05, 0.1) is 18.6 Å². The van der Waals surface area contributed by atoms with Crippen LogP contribution in [0.5, 0.6) is 0 Å². The summed E-state index contributed by atoms with van der Waals surface area (Å²) in [7, 11) is 3.98. The fourth-order valence-electron chi connectivity index (χ4n) is 4.17. The van der Waals surface area contributed by atoms with Crippen molar-refractivity contribution >= 4 is 11.7 Å². The van der Waals surface area contributed by atoms with Gasteiger partial charge in [0, 0.05) is 33.4 Å². The topological polar surface area (TPSA) is 45.7 Å². The van der Waals surface area contributed by atoms with Crippen LogP contribution in [0.4, 0.5) is 5.82 Å². The van der Waals surface area contributed by atoms with Crippen LogP contribution >= 0.6 is 0 Å². The molecule has 2 atom stereocenters. The smallest absolute Gasteiger partial charge is 0.228 e. The van der Waals surface area contributed by atoms with Gasteiger partial charge in [-0.1, -0.05) is 24.3 Å². The van der Waals surface area contributed by atoms with Crippen LogP contribution in [0, 0.1) is 5.92 Å². The Kier molecular flexibility index (Phi) is 5.12. The molecule has 5 heteroatoms. The van der Waals surface area contributed by atoms with Gasteiger partial charge in [0.25, 0.3) is 0 Å². The van der Waals surface area contributed by atoms with E-state index in [4.69, 9.17) is 4.74 Å². The second-order valence-corrected chi connectivity index (χ2v) is 7.64. The minimum absolute atomic E-state index is 0.0204. The molecule has 0 N–H and O–H groups in total. The molecule has 1 amide bonds. The highest BCUT2D eigenvalue weighted by molar-refractivity contribution is 5.80. The van der Waals surface area contributed by atoms with Gasteiger partial charge in [0.2, 0.25) is 5.91 Å². The number of carbonyl (C=O) groups is 1. The Morgan fingerprint density at radius 3 is 2.89 bits per heavy atom. The fourth-order valence-corrected chi connectivity index (χ4v) is 4.17. The summed E-state index contributed by atoms with van der Waals surface area (Å²) in [6.07, 6.45) is 4.66. The highest BCUT2D eigenvalue weighted by atomic mass is 16.5. The number of pyridine rings is 1. The SMILES string of the molecule is CN(C)c1cc(C2c3ccccc3CCCN2C(=O)C2CCOC2)ccn1. The zero-order chi connectivity index (χ0) is 18.8. The largest absolute Gasteiger partial charge is 0.381 e. The van der Waals surface area contributed by atoms with Crippen LogP contribution in [0.25, 0.3) is 0 Å². The first-order valence-electron chi connectivity index (χ1n) is 9.74. The molecule has 3 heterocycles. The zero-order valence-corrected chi connectivity index (χ0v) is 16.1. The summed E-state index contributed by atoms with van der Waals surface area (Å²) < 4.78 is 5.50. The molecular formula is C22H27N3O2. The number of hydrogen-bond acceptors (Lipinski definition) is 4. The Morgan fingerprint density at radius 1 is 1.26 bits per heavy atom. The molecule has 2 unspecified atom stereocenters. The van der Waals surface area contributed by atoms with Gasteiger partial charge in [-0.2, -0.15) is 0 Å². The van der Waals surface area contributed by atoms with E-state index < -0.39 is 0 Å². The van der Waals surface area contributed by atoms with Crippen molar-refractivity contribution in [1.29, 1.82) is 0 Å². The highest BCUT2D eigenvalue weighted by Crippen LogP contribution is 2.36. The third-order valence-electron chi connectivity index (χ3n) is 5.61. The minimum atomic E-state index is -0.0708. The van der Waals surface area contributed by atoms with Gasteiger partial charge in [0.15, 0.2) is 0 Å². The minimum Gasteiger partial charge on any atom is -0.381 e. The number of anilines is 1. The standard InChI is InChI=1S/C22H27N3O2/c1-24(2)20-14-17(9-11-23-20)21-19-8-4-3-6-16(19)7-5-12-25(21)22(26)18-10-13-27-15-18/h3-4,6,8-9,11,14,18,21H,5,7,10,12-13,15H2,1-2H3. The zero-order valence-electron chi connectivity index (χ0n) is 16.1. The molecule has 0 bridgehead atoms. The molecule has 27 heavy (non-hydrogen) atoms. The molecule has 0 saturated carbocycles. The third-order valence-corrected chi connectivity index (χ3v) is 5.61. The molecule has 2 aliphatic heterocycles. The van der Waals surface area contributed by atoms with Crippen molar-refractivity contribution in [2.45, 2.75) is 25.3 Å². The van der Waals surface area contributed by atoms with Crippen LogP contribution in [0.1, 0.15) is 35.6 Å². The van der Waals surface area contributed by atoms with Crippen LogP contribution in [0.3, 0.4) is 0 Å². The van der Waals surface area contributed by atoms with Crippen LogP contribution < -0.4 is 4.90 Å². The van der Waals surface area contributed by atoms with Crippen LogP contribution in [-0.4, -0.2) is 49.6 Å². The molecule has 0 aliphatic carbocycles. The van der Waals surface area contributed by atoms with Crippen molar-refractivity contribution in [2.24, 2.45) is 5.92 Å². The van der Waals surface area contributed by atoms with E-state index in [1.807, 2.05) is 31.3 Å². The van der Waals surface area contributed by atoms with E-state index in [0.717, 1.165) is 37.2 Å². The van der Waals surface area contributed by atoms with Crippen LogP contribution in [0.15, 0.2) is 42.6 Å². The summed E-state index contributed by atoms with van der Waals surface area (Å²) in [5.41, 5.74) is 3.69. The highest BCUT2D eigenvalue weighted by Gasteiger charge is 2.35. The Morgan fingerprint density at radius 2 is 2.11 bits per heavy atom. The summed E-state index contributed by atoms with van der Waals surface area (Å²) in [5, 5.41) is 0. The number of amides is 1. The van der Waals surface area contributed by atoms with Crippen molar-refractivity contribution in [2.75, 3.05) is 38.8 Å². The Hall–Kier alpha value is -2.40. The summed E-state index contributed by atoms with van der Waals surface area (Å²) >= 11 is 0. The van der Waals surface area contributed by atoms with Crippen molar-refractivity contribution in [1.82, 2.24) is 9.88 Å². The van der Waals surface area contributed by atoms with Crippen molar-refractivity contribution < 1.29 is 9.53 Å². The number of hydrogen-bond donors (Lipinski definition) is 0. The fraction of sp³-hybridized carbons (Fsp3) is 0.455. The first-order chi connectivity index (χ1) is 13.1. The van der Waals surface area contributed by atoms with Crippen molar-refractivity contribution in [3.63, 3.8) is 0 Å². The molecule has 4 rings (SSSR count). The summed E-state index contributed by atoms with van der Waals surface area (Å²) in [6, 6.07) is 12.6. The molecule has 0 radical (unpaired) electrons. The monoisotopic (exact) mass is 365 g/mol. The molecule has 2 aliphatic rings. The Labute approximate surface area is 161 Å². The summed E-state index contributed by atoms with van der Waals surface area (Å²) in [6.45, 7) is 2.00. The van der Waals surface area contributed by atoms with Gasteiger partial charge >= 0.3 is 0 Å². The maximum Gasteiger partial charge on any atom is 0.228 e. The van der Waals surface area contributed by atoms with Gasteiger partial charge in [-0.3, -0.25) is 4.79 Å². The molecule has 1 fully saturated rings. The Balaban J connectivity index is 1.80. The van der Waals surface area contributed by atoms with Gasteiger partial charge in [-0.25, -0.2) is 4.98 Å². The lowest BCUT2D eigenvalue weighted by molar-refractivity contribution is -0.137. The van der Waals surface area contributed by atoms with E-state index in [1.165, 1.54) is 11.1 Å². The molecule has 1 aromatic heterocycles. The van der Waals surface area contributed by atoms with E-state index in [2.05, 4.69) is 40.2 Å². The number of rotatable bonds is 3.